The van der Waals surface area contributed by atoms with E-state index in [4.69, 9.17) is 9.15 Å². The van der Waals surface area contributed by atoms with E-state index >= 15 is 0 Å². The van der Waals surface area contributed by atoms with E-state index in [2.05, 4.69) is 10.5 Å². The molecule has 0 bridgehead atoms. The summed E-state index contributed by atoms with van der Waals surface area (Å²) in [5.41, 5.74) is 3.95. The number of carbonyl (C=O) groups excluding carboxylic acids is 2. The molecule has 1 N–H and O–H groups in total. The lowest BCUT2D eigenvalue weighted by atomic mass is 10.0. The number of esters is 1. The highest BCUT2D eigenvalue weighted by atomic mass is 16.7. The van der Waals surface area contributed by atoms with Crippen LogP contribution in [0.1, 0.15) is 21.7 Å². The third-order valence-corrected chi connectivity index (χ3v) is 4.68. The Hall–Kier alpha value is -4.79. The highest BCUT2D eigenvalue weighted by Gasteiger charge is 2.19. The zero-order chi connectivity index (χ0) is 23.2. The lowest BCUT2D eigenvalue weighted by Crippen LogP contribution is -2.19. The molecule has 0 unspecified atom stereocenters. The van der Waals surface area contributed by atoms with Crippen LogP contribution in [0.2, 0.25) is 0 Å². The number of furan rings is 1. The summed E-state index contributed by atoms with van der Waals surface area (Å²) < 4.78 is 10.0. The molecule has 0 aliphatic carbocycles. The van der Waals surface area contributed by atoms with Gasteiger partial charge in [0.1, 0.15) is 10.7 Å². The van der Waals surface area contributed by atoms with Gasteiger partial charge in [0.25, 0.3) is 0 Å². The average Bonchev–Trinajstić information content (AvgIpc) is 3.31. The molecular weight excluding hydrogens is 426 g/mol. The monoisotopic (exact) mass is 443 g/mol. The molecule has 0 aliphatic rings. The maximum atomic E-state index is 12.3. The van der Waals surface area contributed by atoms with E-state index in [0.29, 0.717) is 5.56 Å². The number of amides is 1. The Morgan fingerprint density at radius 2 is 1.82 bits per heavy atom. The Balaban J connectivity index is 1.36. The number of nitro groups is 1. The molecule has 0 aliphatic heterocycles. The van der Waals surface area contributed by atoms with E-state index in [1.807, 2.05) is 42.5 Å². The number of rotatable bonds is 7. The normalized spacial score (nSPS) is 10.9. The number of hydrogen-bond acceptors (Lipinski definition) is 7. The number of nitrogens with one attached hydrogen (secondary N) is 1. The van der Waals surface area contributed by atoms with Crippen LogP contribution in [0, 0.1) is 10.1 Å². The van der Waals surface area contributed by atoms with Crippen molar-refractivity contribution in [3.63, 3.8) is 0 Å². The van der Waals surface area contributed by atoms with Crippen molar-refractivity contribution in [3.8, 4) is 5.75 Å². The summed E-state index contributed by atoms with van der Waals surface area (Å²) in [6, 6.07) is 22.2. The minimum atomic E-state index is -0.874. The Kier molecular flexibility index (Phi) is 6.21. The summed E-state index contributed by atoms with van der Waals surface area (Å²) in [6.45, 7) is 0. The van der Waals surface area contributed by atoms with Crippen LogP contribution in [0.3, 0.4) is 0 Å². The third kappa shape index (κ3) is 5.28. The summed E-state index contributed by atoms with van der Waals surface area (Å²) in [5.74, 6) is -1.81. The number of nitrogens with zero attached hydrogens (tertiary/aromatic N) is 2. The SMILES string of the molecule is O=C(Cc1cccc2ccccc12)N/N=C\c1cccc(OC(=O)c2ccc([N+](=O)[O-])o2)c1. The second-order valence-corrected chi connectivity index (χ2v) is 6.97. The van der Waals surface area contributed by atoms with Gasteiger partial charge in [-0.25, -0.2) is 10.2 Å². The molecule has 1 aromatic heterocycles. The molecule has 9 nitrogen and oxygen atoms in total. The molecule has 1 heterocycles. The molecule has 164 valence electrons. The highest BCUT2D eigenvalue weighted by molar-refractivity contribution is 5.91. The van der Waals surface area contributed by atoms with Gasteiger partial charge in [-0.1, -0.05) is 54.6 Å². The van der Waals surface area contributed by atoms with Crippen LogP contribution in [0.4, 0.5) is 5.88 Å². The molecule has 4 rings (SSSR count). The molecule has 3 aromatic carbocycles. The van der Waals surface area contributed by atoms with Gasteiger partial charge in [0.15, 0.2) is 0 Å². The number of hydrazone groups is 1. The summed E-state index contributed by atoms with van der Waals surface area (Å²) in [7, 11) is 0. The first kappa shape index (κ1) is 21.4. The minimum Gasteiger partial charge on any atom is -0.421 e. The van der Waals surface area contributed by atoms with Gasteiger partial charge in [0.2, 0.25) is 11.7 Å². The number of ether oxygens (including phenoxy) is 1. The number of benzene rings is 3. The van der Waals surface area contributed by atoms with E-state index < -0.39 is 16.8 Å². The fourth-order valence-electron chi connectivity index (χ4n) is 3.19. The third-order valence-electron chi connectivity index (χ3n) is 4.68. The highest BCUT2D eigenvalue weighted by Crippen LogP contribution is 2.20. The predicted molar refractivity (Wildman–Crippen MR) is 120 cm³/mol. The first-order chi connectivity index (χ1) is 16.0. The molecule has 0 saturated carbocycles. The molecule has 4 aromatic rings. The van der Waals surface area contributed by atoms with Crippen LogP contribution >= 0.6 is 0 Å². The van der Waals surface area contributed by atoms with Crippen molar-refractivity contribution in [2.75, 3.05) is 0 Å². The zero-order valence-electron chi connectivity index (χ0n) is 17.1. The van der Waals surface area contributed by atoms with Crippen LogP contribution in [0.25, 0.3) is 10.8 Å². The Bertz CT molecular complexity index is 1370. The van der Waals surface area contributed by atoms with Gasteiger partial charge < -0.3 is 9.15 Å². The molecule has 33 heavy (non-hydrogen) atoms. The molecule has 0 saturated heterocycles. The average molecular weight is 443 g/mol. The van der Waals surface area contributed by atoms with Crippen molar-refractivity contribution >= 4 is 34.7 Å². The topological polar surface area (TPSA) is 124 Å². The van der Waals surface area contributed by atoms with Gasteiger partial charge in [0.05, 0.1) is 18.7 Å². The largest absolute Gasteiger partial charge is 0.433 e. The van der Waals surface area contributed by atoms with Gasteiger partial charge in [-0.15, -0.1) is 0 Å². The van der Waals surface area contributed by atoms with Crippen LogP contribution < -0.4 is 10.2 Å². The first-order valence-corrected chi connectivity index (χ1v) is 9.84. The second kappa shape index (κ2) is 9.56. The van der Waals surface area contributed by atoms with Crippen molar-refractivity contribution < 1.29 is 23.7 Å². The van der Waals surface area contributed by atoms with Crippen LogP contribution in [0.15, 0.2) is 88.4 Å². The standard InChI is InChI=1S/C24H17N3O6/c28-22(14-18-8-4-7-17-6-1-2-10-20(17)18)26-25-15-16-5-3-9-19(13-16)32-24(29)21-11-12-23(33-21)27(30)31/h1-13,15H,14H2,(H,26,28)/b25-15-. The van der Waals surface area contributed by atoms with Crippen LogP contribution in [-0.4, -0.2) is 23.0 Å². The number of carbonyl (C=O) groups is 2. The number of fused-ring (bicyclic) bond motifs is 1. The van der Waals surface area contributed by atoms with Gasteiger partial charge in [-0.3, -0.25) is 14.9 Å². The van der Waals surface area contributed by atoms with E-state index in [9.17, 15) is 19.7 Å². The quantitative estimate of drug-likeness (QED) is 0.150. The maximum absolute atomic E-state index is 12.3. The molecule has 0 radical (unpaired) electrons. The Labute approximate surface area is 187 Å². The van der Waals surface area contributed by atoms with E-state index in [1.165, 1.54) is 18.3 Å². The summed E-state index contributed by atoms with van der Waals surface area (Å²) >= 11 is 0. The lowest BCUT2D eigenvalue weighted by Gasteiger charge is -2.05. The van der Waals surface area contributed by atoms with Crippen LogP contribution in [-0.2, 0) is 11.2 Å². The van der Waals surface area contributed by atoms with Gasteiger partial charge in [0, 0.05) is 0 Å². The van der Waals surface area contributed by atoms with Gasteiger partial charge in [-0.2, -0.15) is 5.10 Å². The second-order valence-electron chi connectivity index (χ2n) is 6.97. The van der Waals surface area contributed by atoms with Crippen molar-refractivity contribution in [1.82, 2.24) is 5.43 Å². The molecule has 1 amide bonds. The van der Waals surface area contributed by atoms with Crippen molar-refractivity contribution in [2.45, 2.75) is 6.42 Å². The summed E-state index contributed by atoms with van der Waals surface area (Å²) in [6.07, 6.45) is 1.59. The molecule has 0 fully saturated rings. The van der Waals surface area contributed by atoms with E-state index in [-0.39, 0.29) is 23.8 Å². The van der Waals surface area contributed by atoms with Crippen LogP contribution in [0.5, 0.6) is 5.75 Å². The van der Waals surface area contributed by atoms with Gasteiger partial charge >= 0.3 is 11.9 Å². The molecule has 0 spiro atoms. The van der Waals surface area contributed by atoms with E-state index in [1.54, 1.807) is 12.1 Å². The smallest absolute Gasteiger partial charge is 0.421 e. The van der Waals surface area contributed by atoms with Gasteiger partial charge in [-0.05, 0) is 40.1 Å². The minimum absolute atomic E-state index is 0.172. The molecule has 9 heteroatoms. The Morgan fingerprint density at radius 1 is 1.03 bits per heavy atom. The number of hydrogen-bond donors (Lipinski definition) is 1. The molecule has 0 atom stereocenters. The van der Waals surface area contributed by atoms with E-state index in [0.717, 1.165) is 28.5 Å². The van der Waals surface area contributed by atoms with Crippen molar-refractivity contribution in [3.05, 3.63) is 106 Å². The first-order valence-electron chi connectivity index (χ1n) is 9.84. The lowest BCUT2D eigenvalue weighted by molar-refractivity contribution is -0.402. The van der Waals surface area contributed by atoms with Crippen molar-refractivity contribution in [1.29, 1.82) is 0 Å². The fourth-order valence-corrected chi connectivity index (χ4v) is 3.19. The molecular formula is C24H17N3O6. The summed E-state index contributed by atoms with van der Waals surface area (Å²) in [4.78, 5) is 34.3. The zero-order valence-corrected chi connectivity index (χ0v) is 17.1. The summed E-state index contributed by atoms with van der Waals surface area (Å²) in [5, 5.41) is 16.7. The maximum Gasteiger partial charge on any atom is 0.433 e. The fraction of sp³-hybridized carbons (Fsp3) is 0.0417. The van der Waals surface area contributed by atoms with Crippen molar-refractivity contribution in [2.24, 2.45) is 5.10 Å². The Morgan fingerprint density at radius 3 is 2.64 bits per heavy atom. The predicted octanol–water partition coefficient (Wildman–Crippen LogP) is 4.25.